The summed E-state index contributed by atoms with van der Waals surface area (Å²) < 4.78 is 10.8. The molecule has 0 atom stereocenters. The van der Waals surface area contributed by atoms with Crippen molar-refractivity contribution in [2.75, 3.05) is 32.6 Å². The van der Waals surface area contributed by atoms with Crippen molar-refractivity contribution in [3.8, 4) is 11.5 Å². The minimum absolute atomic E-state index is 0.0523. The van der Waals surface area contributed by atoms with Crippen LogP contribution in [0, 0.1) is 6.92 Å². The molecule has 3 aromatic rings. The van der Waals surface area contributed by atoms with Crippen molar-refractivity contribution in [1.82, 2.24) is 14.9 Å². The van der Waals surface area contributed by atoms with Gasteiger partial charge in [-0.1, -0.05) is 11.6 Å². The molecule has 0 aliphatic carbocycles. The summed E-state index contributed by atoms with van der Waals surface area (Å²) in [4.78, 5) is 24.1. The number of amides is 1. The second kappa shape index (κ2) is 8.36. The van der Waals surface area contributed by atoms with E-state index in [1.165, 1.54) is 0 Å². The molecule has 1 aliphatic heterocycles. The highest BCUT2D eigenvalue weighted by Crippen LogP contribution is 2.39. The molecule has 0 radical (unpaired) electrons. The fraction of sp³-hybridized carbons (Fsp3) is 0.318. The Morgan fingerprint density at radius 1 is 1.13 bits per heavy atom. The molecule has 0 bridgehead atoms. The Kier molecular flexibility index (Phi) is 5.63. The summed E-state index contributed by atoms with van der Waals surface area (Å²) in [6.45, 7) is 3.41. The van der Waals surface area contributed by atoms with Crippen LogP contribution in [0.4, 0.5) is 11.4 Å². The number of hydrogen-bond donors (Lipinski definition) is 1. The lowest BCUT2D eigenvalue weighted by Gasteiger charge is -2.20. The molecule has 0 unspecified atom stereocenters. The smallest absolute Gasteiger partial charge is 0.257 e. The Balaban J connectivity index is 1.86. The summed E-state index contributed by atoms with van der Waals surface area (Å²) in [6.07, 6.45) is 3.62. The van der Waals surface area contributed by atoms with Gasteiger partial charge in [-0.15, -0.1) is 0 Å². The summed E-state index contributed by atoms with van der Waals surface area (Å²) in [6, 6.07) is 7.25. The summed E-state index contributed by atoms with van der Waals surface area (Å²) in [7, 11) is 3.12. The molecular weight excluding hydrogens is 404 g/mol. The summed E-state index contributed by atoms with van der Waals surface area (Å²) in [5.41, 5.74) is 3.15. The highest BCUT2D eigenvalue weighted by molar-refractivity contribution is 6.32. The molecule has 1 N–H and O–H groups in total. The largest absolute Gasteiger partial charge is 0.495 e. The number of nitrogens with one attached hydrogen (secondary N) is 1. The Labute approximate surface area is 180 Å². The number of ether oxygens (including phenoxy) is 2. The number of aryl methyl sites for hydroxylation is 1. The first-order valence-corrected chi connectivity index (χ1v) is 10.1. The zero-order chi connectivity index (χ0) is 21.3. The molecule has 156 valence electrons. The maximum absolute atomic E-state index is 13.2. The van der Waals surface area contributed by atoms with Gasteiger partial charge in [-0.2, -0.15) is 0 Å². The van der Waals surface area contributed by atoms with Crippen LogP contribution in [0.25, 0.3) is 11.0 Å². The van der Waals surface area contributed by atoms with Gasteiger partial charge in [0.2, 0.25) is 0 Å². The van der Waals surface area contributed by atoms with Crippen LogP contribution >= 0.6 is 11.6 Å². The number of rotatable bonds is 5. The molecule has 7 nitrogen and oxygen atoms in total. The lowest BCUT2D eigenvalue weighted by atomic mass is 10.1. The van der Waals surface area contributed by atoms with E-state index in [4.69, 9.17) is 21.1 Å². The molecule has 0 saturated carbocycles. The van der Waals surface area contributed by atoms with E-state index >= 15 is 0 Å². The number of aromatic nitrogens is 2. The van der Waals surface area contributed by atoms with Crippen LogP contribution in [0.1, 0.15) is 28.9 Å². The van der Waals surface area contributed by atoms with E-state index in [-0.39, 0.29) is 5.91 Å². The lowest BCUT2D eigenvalue weighted by Crippen LogP contribution is -2.28. The highest BCUT2D eigenvalue weighted by atomic mass is 35.5. The SMILES string of the molecule is COc1cc(OC)c(Nc2c(C(=O)N3CCCC3)cnc3nc(C)ccc23)cc1Cl. The average molecular weight is 427 g/mol. The second-order valence-corrected chi connectivity index (χ2v) is 7.59. The number of halogens is 1. The van der Waals surface area contributed by atoms with E-state index in [9.17, 15) is 4.79 Å². The number of benzene rings is 1. The van der Waals surface area contributed by atoms with E-state index < -0.39 is 0 Å². The monoisotopic (exact) mass is 426 g/mol. The predicted molar refractivity (Wildman–Crippen MR) is 117 cm³/mol. The van der Waals surface area contributed by atoms with Crippen molar-refractivity contribution in [3.63, 3.8) is 0 Å². The van der Waals surface area contributed by atoms with Crippen molar-refractivity contribution in [2.24, 2.45) is 0 Å². The maximum atomic E-state index is 13.2. The molecule has 8 heteroatoms. The molecule has 0 spiro atoms. The molecule has 1 aromatic carbocycles. The zero-order valence-electron chi connectivity index (χ0n) is 17.2. The van der Waals surface area contributed by atoms with Crippen LogP contribution in [0.5, 0.6) is 11.5 Å². The van der Waals surface area contributed by atoms with E-state index in [2.05, 4.69) is 15.3 Å². The number of carbonyl (C=O) groups is 1. The third-order valence-electron chi connectivity index (χ3n) is 5.23. The van der Waals surface area contributed by atoms with E-state index in [0.29, 0.717) is 39.1 Å². The van der Waals surface area contributed by atoms with Gasteiger partial charge in [-0.25, -0.2) is 9.97 Å². The number of nitrogens with zero attached hydrogens (tertiary/aromatic N) is 3. The average Bonchev–Trinajstić information content (AvgIpc) is 3.28. The van der Waals surface area contributed by atoms with Gasteiger partial charge in [-0.3, -0.25) is 4.79 Å². The van der Waals surface area contributed by atoms with Crippen LogP contribution in [-0.4, -0.2) is 48.1 Å². The molecule has 1 saturated heterocycles. The van der Waals surface area contributed by atoms with E-state index in [0.717, 1.165) is 37.0 Å². The predicted octanol–water partition coefficient (Wildman–Crippen LogP) is 4.59. The molecule has 3 heterocycles. The first-order chi connectivity index (χ1) is 14.5. The van der Waals surface area contributed by atoms with Gasteiger partial charge in [0.15, 0.2) is 5.65 Å². The molecular formula is C22H23ClN4O3. The molecule has 4 rings (SSSR count). The normalized spacial score (nSPS) is 13.5. The Morgan fingerprint density at radius 3 is 2.57 bits per heavy atom. The maximum Gasteiger partial charge on any atom is 0.257 e. The first-order valence-electron chi connectivity index (χ1n) is 9.76. The van der Waals surface area contributed by atoms with Crippen molar-refractivity contribution < 1.29 is 14.3 Å². The van der Waals surface area contributed by atoms with Crippen molar-refractivity contribution in [1.29, 1.82) is 0 Å². The van der Waals surface area contributed by atoms with Gasteiger partial charge in [0.1, 0.15) is 11.5 Å². The number of hydrogen-bond acceptors (Lipinski definition) is 6. The highest BCUT2D eigenvalue weighted by Gasteiger charge is 2.25. The van der Waals surface area contributed by atoms with Crippen LogP contribution in [-0.2, 0) is 0 Å². The van der Waals surface area contributed by atoms with E-state index in [1.54, 1.807) is 32.5 Å². The number of pyridine rings is 2. The number of carbonyl (C=O) groups excluding carboxylic acids is 1. The molecule has 1 amide bonds. The fourth-order valence-electron chi connectivity index (χ4n) is 3.65. The first kappa shape index (κ1) is 20.2. The Bertz CT molecular complexity index is 1110. The molecule has 1 fully saturated rings. The fourth-order valence-corrected chi connectivity index (χ4v) is 3.89. The molecule has 30 heavy (non-hydrogen) atoms. The Hall–Kier alpha value is -3.06. The van der Waals surface area contributed by atoms with Crippen LogP contribution in [0.2, 0.25) is 5.02 Å². The minimum atomic E-state index is -0.0523. The van der Waals surface area contributed by atoms with Gasteiger partial charge in [0.25, 0.3) is 5.91 Å². The van der Waals surface area contributed by atoms with Crippen molar-refractivity contribution >= 4 is 39.9 Å². The van der Waals surface area contributed by atoms with Crippen LogP contribution in [0.15, 0.2) is 30.5 Å². The quantitative estimate of drug-likeness (QED) is 0.643. The third-order valence-corrected chi connectivity index (χ3v) is 5.52. The van der Waals surface area contributed by atoms with Gasteiger partial charge in [0.05, 0.1) is 36.2 Å². The molecule has 1 aliphatic rings. The standard InChI is InChI=1S/C22H23ClN4O3/c1-13-6-7-14-20(26-17-10-16(23)18(29-2)11-19(17)30-3)15(12-24-21(14)25-13)22(28)27-8-4-5-9-27/h6-7,10-12H,4-5,8-9H2,1-3H3,(H,24,25,26). The van der Waals surface area contributed by atoms with E-state index in [1.807, 2.05) is 24.0 Å². The van der Waals surface area contributed by atoms with Gasteiger partial charge in [-0.05, 0) is 38.0 Å². The summed E-state index contributed by atoms with van der Waals surface area (Å²) in [5, 5.41) is 4.54. The van der Waals surface area contributed by atoms with Gasteiger partial charge in [0, 0.05) is 36.4 Å². The van der Waals surface area contributed by atoms with Crippen molar-refractivity contribution in [2.45, 2.75) is 19.8 Å². The van der Waals surface area contributed by atoms with Crippen LogP contribution < -0.4 is 14.8 Å². The number of likely N-dealkylation sites (tertiary alicyclic amines) is 1. The van der Waals surface area contributed by atoms with Crippen molar-refractivity contribution in [3.05, 3.63) is 46.7 Å². The van der Waals surface area contributed by atoms with Gasteiger partial charge >= 0.3 is 0 Å². The number of anilines is 2. The van der Waals surface area contributed by atoms with Gasteiger partial charge < -0.3 is 19.7 Å². The summed E-state index contributed by atoms with van der Waals surface area (Å²) in [5.74, 6) is 0.994. The molecule has 2 aromatic heterocycles. The summed E-state index contributed by atoms with van der Waals surface area (Å²) >= 11 is 6.35. The third kappa shape index (κ3) is 3.73. The zero-order valence-corrected chi connectivity index (χ0v) is 17.9. The lowest BCUT2D eigenvalue weighted by molar-refractivity contribution is 0.0793. The Morgan fingerprint density at radius 2 is 1.87 bits per heavy atom. The topological polar surface area (TPSA) is 76.6 Å². The number of fused-ring (bicyclic) bond motifs is 1. The van der Waals surface area contributed by atoms with Crippen LogP contribution in [0.3, 0.4) is 0 Å². The number of methoxy groups -OCH3 is 2. The second-order valence-electron chi connectivity index (χ2n) is 7.18. The minimum Gasteiger partial charge on any atom is -0.495 e.